The van der Waals surface area contributed by atoms with Gasteiger partial charge in [-0.05, 0) is 49.2 Å². The van der Waals surface area contributed by atoms with Gasteiger partial charge in [0.25, 0.3) is 5.91 Å². The summed E-state index contributed by atoms with van der Waals surface area (Å²) in [5, 5.41) is 3.21. The topological polar surface area (TPSA) is 41.2 Å². The van der Waals surface area contributed by atoms with Gasteiger partial charge in [-0.1, -0.05) is 18.2 Å². The van der Waals surface area contributed by atoms with Crippen LogP contribution in [0.3, 0.4) is 0 Å². The fourth-order valence-corrected chi connectivity index (χ4v) is 4.03. The van der Waals surface area contributed by atoms with Crippen LogP contribution in [0.2, 0.25) is 0 Å². The first-order valence-corrected chi connectivity index (χ1v) is 10.6. The van der Waals surface area contributed by atoms with Crippen molar-refractivity contribution < 1.29 is 14.6 Å². The van der Waals surface area contributed by atoms with Crippen molar-refractivity contribution in [1.82, 2.24) is 5.32 Å². The summed E-state index contributed by atoms with van der Waals surface area (Å²) in [6, 6.07) is 15.0. The quantitative estimate of drug-likeness (QED) is 0.655. The number of carbonyl (C=O) groups is 1. The van der Waals surface area contributed by atoms with Crippen LogP contribution < -0.4 is 20.0 Å². The summed E-state index contributed by atoms with van der Waals surface area (Å²) in [4.78, 5) is 18.1. The van der Waals surface area contributed by atoms with Crippen LogP contribution in [0.4, 0.5) is 5.69 Å². The maximum atomic E-state index is 12.8. The Bertz CT molecular complexity index is 823. The molecule has 1 amide bonds. The lowest BCUT2D eigenvalue weighted by Gasteiger charge is -2.33. The second kappa shape index (κ2) is 9.42. The predicted octanol–water partition coefficient (Wildman–Crippen LogP) is 0.254. The Balaban J connectivity index is 1.75. The molecule has 3 rings (SSSR count). The largest absolute Gasteiger partial charge is 0.378 e. The first-order chi connectivity index (χ1) is 13.8. The third-order valence-corrected chi connectivity index (χ3v) is 6.29. The van der Waals surface area contributed by atoms with Gasteiger partial charge in [0, 0.05) is 30.9 Å². The number of benzene rings is 2. The molecule has 1 saturated heterocycles. The fourth-order valence-electron chi connectivity index (χ4n) is 4.03. The first-order valence-electron chi connectivity index (χ1n) is 10.6. The Morgan fingerprint density at radius 2 is 1.66 bits per heavy atom. The third-order valence-electron chi connectivity index (χ3n) is 6.29. The number of hydrogen-bond acceptors (Lipinski definition) is 2. The van der Waals surface area contributed by atoms with Crippen molar-refractivity contribution in [1.29, 1.82) is 0 Å². The zero-order valence-electron chi connectivity index (χ0n) is 18.5. The number of quaternary nitrogens is 2. The van der Waals surface area contributed by atoms with Gasteiger partial charge >= 0.3 is 0 Å². The van der Waals surface area contributed by atoms with Gasteiger partial charge in [0.2, 0.25) is 0 Å². The molecule has 156 valence electrons. The lowest BCUT2D eigenvalue weighted by Crippen LogP contribution is -3.27. The van der Waals surface area contributed by atoms with E-state index < -0.39 is 0 Å². The molecule has 1 fully saturated rings. The molecule has 3 N–H and O–H groups in total. The average Bonchev–Trinajstić information content (AvgIpc) is 2.71. The summed E-state index contributed by atoms with van der Waals surface area (Å²) in [5.41, 5.74) is 5.61. The van der Waals surface area contributed by atoms with Crippen molar-refractivity contribution in [2.75, 3.05) is 58.8 Å². The molecule has 2 aromatic rings. The van der Waals surface area contributed by atoms with E-state index in [4.69, 9.17) is 0 Å². The van der Waals surface area contributed by atoms with E-state index in [9.17, 15) is 4.79 Å². The summed E-state index contributed by atoms with van der Waals surface area (Å²) in [5.74, 6) is 0.0159. The Kier molecular flexibility index (Phi) is 6.93. The zero-order chi connectivity index (χ0) is 21.0. The number of hydrogen-bond donors (Lipinski definition) is 3. The number of aryl methyl sites for hydroxylation is 2. The summed E-state index contributed by atoms with van der Waals surface area (Å²) in [6.07, 6.45) is 0. The fraction of sp³-hybridized carbons (Fsp3) is 0.458. The minimum atomic E-state index is 0.0159. The average molecular weight is 397 g/mol. The monoisotopic (exact) mass is 396 g/mol. The number of rotatable bonds is 6. The molecule has 29 heavy (non-hydrogen) atoms. The van der Waals surface area contributed by atoms with Gasteiger partial charge in [-0.15, -0.1) is 0 Å². The smallest absolute Gasteiger partial charge is 0.251 e. The molecule has 1 aliphatic rings. The first kappa shape index (κ1) is 21.3. The number of carbonyl (C=O) groups excluding carboxylic acids is 1. The molecule has 1 aliphatic heterocycles. The van der Waals surface area contributed by atoms with Crippen molar-refractivity contribution in [3.8, 4) is 0 Å². The second-order valence-corrected chi connectivity index (χ2v) is 8.66. The van der Waals surface area contributed by atoms with Crippen molar-refractivity contribution in [2.45, 2.75) is 19.9 Å². The lowest BCUT2D eigenvalue weighted by atomic mass is 10.0. The Morgan fingerprint density at radius 1 is 1.00 bits per heavy atom. The summed E-state index contributed by atoms with van der Waals surface area (Å²) in [6.45, 7) is 9.39. The van der Waals surface area contributed by atoms with E-state index in [0.717, 1.165) is 24.2 Å². The van der Waals surface area contributed by atoms with E-state index in [1.807, 2.05) is 18.2 Å². The highest BCUT2D eigenvalue weighted by Gasteiger charge is 2.29. The van der Waals surface area contributed by atoms with Crippen LogP contribution in [-0.4, -0.2) is 59.8 Å². The molecule has 5 heteroatoms. The van der Waals surface area contributed by atoms with Crippen molar-refractivity contribution in [2.24, 2.45) is 0 Å². The summed E-state index contributed by atoms with van der Waals surface area (Å²) >= 11 is 0. The zero-order valence-corrected chi connectivity index (χ0v) is 18.5. The molecule has 0 radical (unpaired) electrons. The molecule has 2 aromatic carbocycles. The maximum absolute atomic E-state index is 12.8. The Morgan fingerprint density at radius 3 is 2.24 bits per heavy atom. The Hall–Kier alpha value is -2.37. The number of nitrogens with one attached hydrogen (secondary N) is 3. The number of amides is 1. The third kappa shape index (κ3) is 5.37. The number of nitrogens with zero attached hydrogens (tertiary/aromatic N) is 1. The van der Waals surface area contributed by atoms with Crippen LogP contribution in [0.25, 0.3) is 0 Å². The molecule has 0 unspecified atom stereocenters. The lowest BCUT2D eigenvalue weighted by molar-refractivity contribution is -1.02. The van der Waals surface area contributed by atoms with Gasteiger partial charge in [0.15, 0.2) is 0 Å². The molecule has 0 aliphatic carbocycles. The Labute approximate surface area is 175 Å². The second-order valence-electron chi connectivity index (χ2n) is 8.66. The minimum Gasteiger partial charge on any atom is -0.378 e. The molecule has 0 aromatic heterocycles. The molecule has 1 atom stereocenters. The molecule has 0 spiro atoms. The van der Waals surface area contributed by atoms with Crippen LogP contribution >= 0.6 is 0 Å². The number of likely N-dealkylation sites (N-methyl/N-ethyl adjacent to an activating group) is 1. The van der Waals surface area contributed by atoms with Crippen molar-refractivity contribution in [3.63, 3.8) is 0 Å². The highest BCUT2D eigenvalue weighted by Crippen LogP contribution is 2.17. The van der Waals surface area contributed by atoms with Gasteiger partial charge < -0.3 is 20.0 Å². The molecule has 0 saturated carbocycles. The van der Waals surface area contributed by atoms with Gasteiger partial charge in [-0.2, -0.15) is 0 Å². The highest BCUT2D eigenvalue weighted by atomic mass is 16.1. The number of anilines is 1. The van der Waals surface area contributed by atoms with Crippen molar-refractivity contribution >= 4 is 11.6 Å². The van der Waals surface area contributed by atoms with Gasteiger partial charge in [-0.25, -0.2) is 0 Å². The standard InChI is InChI=1S/C24H34N4O/c1-18-6-7-21(16-19(18)2)24(29)25-17-23(28-14-12-27(5)13-15-28)20-8-10-22(11-9-20)26(3)4/h6-11,16,23H,12-15,17H2,1-5H3,(H,25,29)/p+2/t23-/m1/s1. The highest BCUT2D eigenvalue weighted by molar-refractivity contribution is 5.94. The molecular weight excluding hydrogens is 360 g/mol. The van der Waals surface area contributed by atoms with Gasteiger partial charge in [0.05, 0.1) is 13.6 Å². The van der Waals surface area contributed by atoms with Crippen LogP contribution in [0.15, 0.2) is 42.5 Å². The normalized spacial score (nSPS) is 20.2. The summed E-state index contributed by atoms with van der Waals surface area (Å²) in [7, 11) is 6.38. The SMILES string of the molecule is Cc1ccc(C(=O)NC[C@H](c2ccc(N(C)C)cc2)[NH+]2CC[NH+](C)CC2)cc1C. The minimum absolute atomic E-state index is 0.0159. The van der Waals surface area contributed by atoms with E-state index in [2.05, 4.69) is 69.5 Å². The van der Waals surface area contributed by atoms with E-state index in [0.29, 0.717) is 6.54 Å². The van der Waals surface area contributed by atoms with E-state index >= 15 is 0 Å². The molecule has 1 heterocycles. The van der Waals surface area contributed by atoms with Crippen LogP contribution in [0.1, 0.15) is 33.1 Å². The van der Waals surface area contributed by atoms with Crippen LogP contribution in [-0.2, 0) is 0 Å². The van der Waals surface area contributed by atoms with E-state index in [-0.39, 0.29) is 11.9 Å². The summed E-state index contributed by atoms with van der Waals surface area (Å²) < 4.78 is 0. The maximum Gasteiger partial charge on any atom is 0.251 e. The van der Waals surface area contributed by atoms with E-state index in [1.165, 1.54) is 29.9 Å². The van der Waals surface area contributed by atoms with Crippen molar-refractivity contribution in [3.05, 3.63) is 64.7 Å². The van der Waals surface area contributed by atoms with E-state index in [1.54, 1.807) is 9.80 Å². The van der Waals surface area contributed by atoms with Crippen LogP contribution in [0.5, 0.6) is 0 Å². The number of piperazine rings is 1. The van der Waals surface area contributed by atoms with Gasteiger partial charge in [-0.3, -0.25) is 4.79 Å². The molecular formula is C24H36N4O+2. The molecule has 5 nitrogen and oxygen atoms in total. The van der Waals surface area contributed by atoms with Gasteiger partial charge in [0.1, 0.15) is 32.2 Å². The van der Waals surface area contributed by atoms with Crippen LogP contribution in [0, 0.1) is 13.8 Å². The molecule has 0 bridgehead atoms. The predicted molar refractivity (Wildman–Crippen MR) is 119 cm³/mol.